The van der Waals surface area contributed by atoms with Gasteiger partial charge in [0.15, 0.2) is 0 Å². The number of rotatable bonds is 6. The van der Waals surface area contributed by atoms with Gasteiger partial charge in [0.2, 0.25) is 5.91 Å². The molecular weight excluding hydrogens is 306 g/mol. The summed E-state index contributed by atoms with van der Waals surface area (Å²) in [6, 6.07) is 10.1. The molecule has 1 heterocycles. The van der Waals surface area contributed by atoms with Crippen LogP contribution >= 0.6 is 0 Å². The molecule has 0 aromatic heterocycles. The highest BCUT2D eigenvalue weighted by Gasteiger charge is 2.39. The Morgan fingerprint density at radius 3 is 2.88 bits per heavy atom. The lowest BCUT2D eigenvalue weighted by atomic mass is 9.94. The van der Waals surface area contributed by atoms with Crippen LogP contribution < -0.4 is 0 Å². The molecule has 2 aliphatic rings. The van der Waals surface area contributed by atoms with E-state index in [4.69, 9.17) is 9.47 Å². The highest BCUT2D eigenvalue weighted by atomic mass is 16.5. The normalized spacial score (nSPS) is 27.4. The van der Waals surface area contributed by atoms with Crippen LogP contribution in [0.2, 0.25) is 0 Å². The summed E-state index contributed by atoms with van der Waals surface area (Å²) in [6.45, 7) is 2.32. The number of hydrogen-bond donors (Lipinski definition) is 1. The molecular formula is C19H27NO4. The number of carbonyl (C=O) groups excluding carboxylic acids is 1. The second-order valence-corrected chi connectivity index (χ2v) is 6.68. The average Bonchev–Trinajstić information content (AvgIpc) is 3.05. The van der Waals surface area contributed by atoms with Crippen molar-refractivity contribution in [1.29, 1.82) is 0 Å². The molecule has 5 heteroatoms. The van der Waals surface area contributed by atoms with Gasteiger partial charge >= 0.3 is 0 Å². The van der Waals surface area contributed by atoms with Crippen molar-refractivity contribution in [1.82, 2.24) is 4.90 Å². The number of benzene rings is 1. The maximum absolute atomic E-state index is 12.5. The fourth-order valence-corrected chi connectivity index (χ4v) is 3.78. The average molecular weight is 333 g/mol. The Morgan fingerprint density at radius 2 is 2.12 bits per heavy atom. The van der Waals surface area contributed by atoms with Crippen molar-refractivity contribution in [3.63, 3.8) is 0 Å². The maximum atomic E-state index is 12.5. The Balaban J connectivity index is 1.47. The number of hydrogen-bond acceptors (Lipinski definition) is 4. The van der Waals surface area contributed by atoms with Crippen molar-refractivity contribution >= 4 is 5.91 Å². The van der Waals surface area contributed by atoms with Gasteiger partial charge < -0.3 is 19.5 Å². The molecule has 1 saturated carbocycles. The molecule has 1 aliphatic heterocycles. The minimum Gasteiger partial charge on any atom is -0.393 e. The first-order valence-corrected chi connectivity index (χ1v) is 8.92. The van der Waals surface area contributed by atoms with Crippen molar-refractivity contribution < 1.29 is 19.4 Å². The van der Waals surface area contributed by atoms with Crippen LogP contribution in [0.4, 0.5) is 0 Å². The Hall–Kier alpha value is -1.43. The number of aliphatic hydroxyl groups excluding tert-OH is 1. The summed E-state index contributed by atoms with van der Waals surface area (Å²) in [5, 5.41) is 10.2. The Bertz CT molecular complexity index is 521. The van der Waals surface area contributed by atoms with E-state index in [1.165, 1.54) is 5.56 Å². The predicted octanol–water partition coefficient (Wildman–Crippen LogP) is 1.63. The largest absolute Gasteiger partial charge is 0.393 e. The lowest BCUT2D eigenvalue weighted by Crippen LogP contribution is -2.54. The zero-order valence-electron chi connectivity index (χ0n) is 14.1. The highest BCUT2D eigenvalue weighted by molar-refractivity contribution is 5.78. The number of morpholine rings is 1. The van der Waals surface area contributed by atoms with E-state index in [-0.39, 0.29) is 30.6 Å². The van der Waals surface area contributed by atoms with Crippen LogP contribution in [0.1, 0.15) is 24.8 Å². The van der Waals surface area contributed by atoms with E-state index in [0.717, 1.165) is 25.7 Å². The van der Waals surface area contributed by atoms with E-state index in [9.17, 15) is 9.90 Å². The third kappa shape index (κ3) is 4.35. The lowest BCUT2D eigenvalue weighted by molar-refractivity contribution is -0.148. The molecule has 1 aromatic rings. The van der Waals surface area contributed by atoms with Crippen molar-refractivity contribution in [2.24, 2.45) is 5.92 Å². The van der Waals surface area contributed by atoms with Crippen molar-refractivity contribution in [2.75, 3.05) is 33.0 Å². The third-order valence-corrected chi connectivity index (χ3v) is 5.12. The summed E-state index contributed by atoms with van der Waals surface area (Å²) in [5.41, 5.74) is 1.21. The van der Waals surface area contributed by atoms with E-state index in [1.807, 2.05) is 23.1 Å². The standard InChI is InChI=1S/C19H27NO4/c21-18-8-4-7-16(18)17-13-24-12-10-20(17)19(22)14-23-11-9-15-5-2-1-3-6-15/h1-3,5-6,16-18,21H,4,7-14H2/t16-,17-,18-/m1/s1. The van der Waals surface area contributed by atoms with Gasteiger partial charge in [0.25, 0.3) is 0 Å². The third-order valence-electron chi connectivity index (χ3n) is 5.12. The predicted molar refractivity (Wildman–Crippen MR) is 90.6 cm³/mol. The first-order valence-electron chi connectivity index (χ1n) is 8.92. The van der Waals surface area contributed by atoms with E-state index < -0.39 is 0 Å². The summed E-state index contributed by atoms with van der Waals surface area (Å²) < 4.78 is 11.2. The lowest BCUT2D eigenvalue weighted by Gasteiger charge is -2.40. The minimum atomic E-state index is -0.314. The number of nitrogens with zero attached hydrogens (tertiary/aromatic N) is 1. The van der Waals surface area contributed by atoms with Gasteiger partial charge in [-0.3, -0.25) is 4.79 Å². The summed E-state index contributed by atoms with van der Waals surface area (Å²) in [7, 11) is 0. The zero-order chi connectivity index (χ0) is 16.8. The fraction of sp³-hybridized carbons (Fsp3) is 0.632. The molecule has 1 amide bonds. The summed E-state index contributed by atoms with van der Waals surface area (Å²) in [4.78, 5) is 14.4. The molecule has 0 radical (unpaired) electrons. The number of ether oxygens (including phenoxy) is 2. The molecule has 132 valence electrons. The van der Waals surface area contributed by atoms with E-state index >= 15 is 0 Å². The maximum Gasteiger partial charge on any atom is 0.248 e. The van der Waals surface area contributed by atoms with Crippen LogP contribution in [-0.4, -0.2) is 61.0 Å². The number of carbonyl (C=O) groups is 1. The van der Waals surface area contributed by atoms with E-state index in [1.54, 1.807) is 0 Å². The van der Waals surface area contributed by atoms with Gasteiger partial charge in [-0.25, -0.2) is 0 Å². The van der Waals surface area contributed by atoms with Crippen LogP contribution in [0, 0.1) is 5.92 Å². The molecule has 1 saturated heterocycles. The van der Waals surface area contributed by atoms with Gasteiger partial charge in [-0.05, 0) is 24.8 Å². The molecule has 1 N–H and O–H groups in total. The second kappa shape index (κ2) is 8.60. The van der Waals surface area contributed by atoms with Crippen LogP contribution in [0.15, 0.2) is 30.3 Å². The van der Waals surface area contributed by atoms with Crippen molar-refractivity contribution in [3.05, 3.63) is 35.9 Å². The summed E-state index contributed by atoms with van der Waals surface area (Å²) >= 11 is 0. The first-order chi connectivity index (χ1) is 11.8. The van der Waals surface area contributed by atoms with Crippen LogP contribution in [0.25, 0.3) is 0 Å². The zero-order valence-corrected chi connectivity index (χ0v) is 14.1. The Morgan fingerprint density at radius 1 is 1.29 bits per heavy atom. The van der Waals surface area contributed by atoms with Gasteiger partial charge in [0.05, 0.1) is 32.0 Å². The smallest absolute Gasteiger partial charge is 0.248 e. The summed E-state index contributed by atoms with van der Waals surface area (Å²) in [5.74, 6) is 0.147. The van der Waals surface area contributed by atoms with E-state index in [2.05, 4.69) is 12.1 Å². The minimum absolute atomic E-state index is 0.00969. The fourth-order valence-electron chi connectivity index (χ4n) is 3.78. The quantitative estimate of drug-likeness (QED) is 0.804. The first kappa shape index (κ1) is 17.4. The molecule has 5 nitrogen and oxygen atoms in total. The molecule has 2 fully saturated rings. The SMILES string of the molecule is O=C(COCCc1ccccc1)N1CCOC[C@@H]1[C@H]1CCC[C@H]1O. The molecule has 0 spiro atoms. The molecule has 1 aliphatic carbocycles. The Kier molecular flexibility index (Phi) is 6.24. The van der Waals surface area contributed by atoms with Gasteiger partial charge in [-0.1, -0.05) is 36.8 Å². The topological polar surface area (TPSA) is 59.0 Å². The Labute approximate surface area is 143 Å². The van der Waals surface area contributed by atoms with Crippen molar-refractivity contribution in [2.45, 2.75) is 37.8 Å². The monoisotopic (exact) mass is 333 g/mol. The summed E-state index contributed by atoms with van der Waals surface area (Å²) in [6.07, 6.45) is 3.32. The molecule has 0 unspecified atom stereocenters. The second-order valence-electron chi connectivity index (χ2n) is 6.68. The van der Waals surface area contributed by atoms with Crippen LogP contribution in [0.5, 0.6) is 0 Å². The molecule has 0 bridgehead atoms. The highest BCUT2D eigenvalue weighted by Crippen LogP contribution is 2.32. The molecule has 1 aromatic carbocycles. The molecule has 24 heavy (non-hydrogen) atoms. The molecule has 3 atom stereocenters. The number of aliphatic hydroxyl groups is 1. The van der Waals surface area contributed by atoms with Gasteiger partial charge in [0, 0.05) is 12.5 Å². The van der Waals surface area contributed by atoms with Gasteiger partial charge in [-0.15, -0.1) is 0 Å². The van der Waals surface area contributed by atoms with Crippen LogP contribution in [-0.2, 0) is 20.7 Å². The van der Waals surface area contributed by atoms with E-state index in [0.29, 0.717) is 26.4 Å². The van der Waals surface area contributed by atoms with Crippen molar-refractivity contribution in [3.8, 4) is 0 Å². The van der Waals surface area contributed by atoms with Gasteiger partial charge in [0.1, 0.15) is 6.61 Å². The molecule has 3 rings (SSSR count). The van der Waals surface area contributed by atoms with Gasteiger partial charge in [-0.2, -0.15) is 0 Å². The van der Waals surface area contributed by atoms with Crippen LogP contribution in [0.3, 0.4) is 0 Å². The number of amides is 1.